The van der Waals surface area contributed by atoms with Crippen molar-refractivity contribution in [3.63, 3.8) is 0 Å². The molecule has 1 aromatic carbocycles. The van der Waals surface area contributed by atoms with E-state index < -0.39 is 0 Å². The minimum Gasteiger partial charge on any atom is -0.271 e. The lowest BCUT2D eigenvalue weighted by Gasteiger charge is -2.16. The SMILES string of the molecule is CCCCCC(Cc1ccc(Br)cc1Cl)NN. The summed E-state index contributed by atoms with van der Waals surface area (Å²) in [6, 6.07) is 6.30. The van der Waals surface area contributed by atoms with Crippen LogP contribution in [0.2, 0.25) is 5.02 Å². The molecular formula is C13H20BrClN2. The molecule has 0 aliphatic heterocycles. The lowest BCUT2D eigenvalue weighted by molar-refractivity contribution is 0.467. The Bertz CT molecular complexity index is 344. The first kappa shape index (κ1) is 15.0. The third-order valence-corrected chi connectivity index (χ3v) is 3.72. The van der Waals surface area contributed by atoms with E-state index in [4.69, 9.17) is 17.4 Å². The van der Waals surface area contributed by atoms with Crippen LogP contribution in [-0.2, 0) is 6.42 Å². The lowest BCUT2D eigenvalue weighted by Crippen LogP contribution is -2.36. The van der Waals surface area contributed by atoms with Gasteiger partial charge in [0, 0.05) is 15.5 Å². The van der Waals surface area contributed by atoms with Crippen LogP contribution in [0.25, 0.3) is 0 Å². The minimum absolute atomic E-state index is 0.306. The monoisotopic (exact) mass is 318 g/mol. The highest BCUT2D eigenvalue weighted by atomic mass is 79.9. The third kappa shape index (κ3) is 5.38. The third-order valence-electron chi connectivity index (χ3n) is 2.87. The van der Waals surface area contributed by atoms with E-state index in [1.54, 1.807) is 0 Å². The molecule has 96 valence electrons. The molecule has 0 aromatic heterocycles. The number of nitrogens with one attached hydrogen (secondary N) is 1. The number of hydrogen-bond acceptors (Lipinski definition) is 2. The molecule has 2 nitrogen and oxygen atoms in total. The zero-order chi connectivity index (χ0) is 12.7. The number of benzene rings is 1. The van der Waals surface area contributed by atoms with Gasteiger partial charge in [0.1, 0.15) is 0 Å². The van der Waals surface area contributed by atoms with Gasteiger partial charge in [-0.05, 0) is 30.5 Å². The maximum atomic E-state index is 6.19. The van der Waals surface area contributed by atoms with Crippen molar-refractivity contribution in [3.8, 4) is 0 Å². The summed E-state index contributed by atoms with van der Waals surface area (Å²) in [6.07, 6.45) is 5.67. The van der Waals surface area contributed by atoms with Gasteiger partial charge in [-0.2, -0.15) is 0 Å². The van der Waals surface area contributed by atoms with Crippen molar-refractivity contribution in [1.82, 2.24) is 5.43 Å². The average molecular weight is 320 g/mol. The quantitative estimate of drug-likeness (QED) is 0.452. The summed E-state index contributed by atoms with van der Waals surface area (Å²) < 4.78 is 1.01. The second-order valence-electron chi connectivity index (χ2n) is 4.30. The fraction of sp³-hybridized carbons (Fsp3) is 0.538. The second kappa shape index (κ2) is 8.09. The van der Waals surface area contributed by atoms with Crippen LogP contribution < -0.4 is 11.3 Å². The molecule has 1 atom stereocenters. The van der Waals surface area contributed by atoms with Crippen molar-refractivity contribution in [2.24, 2.45) is 5.84 Å². The van der Waals surface area contributed by atoms with Gasteiger partial charge >= 0.3 is 0 Å². The van der Waals surface area contributed by atoms with E-state index >= 15 is 0 Å². The van der Waals surface area contributed by atoms with Crippen LogP contribution >= 0.6 is 27.5 Å². The first-order chi connectivity index (χ1) is 8.17. The van der Waals surface area contributed by atoms with E-state index in [1.165, 1.54) is 19.3 Å². The van der Waals surface area contributed by atoms with Crippen molar-refractivity contribution in [3.05, 3.63) is 33.3 Å². The number of rotatable bonds is 7. The van der Waals surface area contributed by atoms with Crippen molar-refractivity contribution in [2.45, 2.75) is 45.1 Å². The highest BCUT2D eigenvalue weighted by molar-refractivity contribution is 9.10. The number of hydrogen-bond donors (Lipinski definition) is 2. The van der Waals surface area contributed by atoms with Crippen molar-refractivity contribution >= 4 is 27.5 Å². The normalized spacial score (nSPS) is 12.7. The predicted octanol–water partition coefficient (Wildman–Crippen LogP) is 4.06. The molecule has 0 saturated heterocycles. The smallest absolute Gasteiger partial charge is 0.0449 e. The molecule has 1 unspecified atom stereocenters. The molecule has 0 fully saturated rings. The molecule has 17 heavy (non-hydrogen) atoms. The van der Waals surface area contributed by atoms with E-state index in [0.29, 0.717) is 6.04 Å². The Morgan fingerprint density at radius 3 is 2.76 bits per heavy atom. The molecule has 0 bridgehead atoms. The Hall–Kier alpha value is -0.0900. The zero-order valence-corrected chi connectivity index (χ0v) is 12.5. The summed E-state index contributed by atoms with van der Waals surface area (Å²) in [4.78, 5) is 0. The van der Waals surface area contributed by atoms with Gasteiger partial charge in [-0.1, -0.05) is 59.8 Å². The van der Waals surface area contributed by atoms with Gasteiger partial charge in [0.15, 0.2) is 0 Å². The first-order valence-corrected chi connectivity index (χ1v) is 7.24. The topological polar surface area (TPSA) is 38.0 Å². The summed E-state index contributed by atoms with van der Waals surface area (Å²) in [7, 11) is 0. The van der Waals surface area contributed by atoms with Crippen LogP contribution in [0.4, 0.5) is 0 Å². The molecule has 0 spiro atoms. The van der Waals surface area contributed by atoms with Crippen molar-refractivity contribution in [2.75, 3.05) is 0 Å². The van der Waals surface area contributed by atoms with Gasteiger partial charge in [0.2, 0.25) is 0 Å². The molecule has 1 rings (SSSR count). The van der Waals surface area contributed by atoms with Crippen LogP contribution in [0.15, 0.2) is 22.7 Å². The molecule has 0 amide bonds. The molecule has 0 saturated carbocycles. The fourth-order valence-corrected chi connectivity index (χ4v) is 2.59. The van der Waals surface area contributed by atoms with E-state index in [2.05, 4.69) is 34.3 Å². The first-order valence-electron chi connectivity index (χ1n) is 6.07. The Morgan fingerprint density at radius 2 is 2.18 bits per heavy atom. The Kier molecular flexibility index (Phi) is 7.12. The lowest BCUT2D eigenvalue weighted by atomic mass is 10.0. The molecule has 4 heteroatoms. The van der Waals surface area contributed by atoms with Gasteiger partial charge in [-0.3, -0.25) is 11.3 Å². The Morgan fingerprint density at radius 1 is 1.41 bits per heavy atom. The van der Waals surface area contributed by atoms with Crippen LogP contribution in [0.1, 0.15) is 38.2 Å². The molecule has 0 radical (unpaired) electrons. The summed E-state index contributed by atoms with van der Waals surface area (Å²) in [5, 5.41) is 0.801. The number of nitrogens with two attached hydrogens (primary N) is 1. The van der Waals surface area contributed by atoms with Crippen molar-refractivity contribution < 1.29 is 0 Å². The standard InChI is InChI=1S/C13H20BrClN2/c1-2-3-4-5-12(17-16)8-10-6-7-11(14)9-13(10)15/h6-7,9,12,17H,2-5,8,16H2,1H3. The highest BCUT2D eigenvalue weighted by Gasteiger charge is 2.10. The van der Waals surface area contributed by atoms with Gasteiger partial charge in [-0.25, -0.2) is 0 Å². The fourth-order valence-electron chi connectivity index (χ4n) is 1.84. The van der Waals surface area contributed by atoms with Crippen LogP contribution in [0, 0.1) is 0 Å². The number of hydrazine groups is 1. The maximum Gasteiger partial charge on any atom is 0.0449 e. The van der Waals surface area contributed by atoms with Gasteiger partial charge in [0.25, 0.3) is 0 Å². The second-order valence-corrected chi connectivity index (χ2v) is 5.62. The molecule has 1 aromatic rings. The van der Waals surface area contributed by atoms with E-state index in [0.717, 1.165) is 27.9 Å². The van der Waals surface area contributed by atoms with Gasteiger partial charge in [-0.15, -0.1) is 0 Å². The summed E-state index contributed by atoms with van der Waals surface area (Å²) in [5.41, 5.74) is 4.03. The largest absolute Gasteiger partial charge is 0.271 e. The molecule has 3 N–H and O–H groups in total. The van der Waals surface area contributed by atoms with E-state index in [-0.39, 0.29) is 0 Å². The average Bonchev–Trinajstić information content (AvgIpc) is 2.31. The summed E-state index contributed by atoms with van der Waals surface area (Å²) in [5.74, 6) is 5.58. The van der Waals surface area contributed by atoms with E-state index in [1.807, 2.05) is 12.1 Å². The van der Waals surface area contributed by atoms with E-state index in [9.17, 15) is 0 Å². The molecular weight excluding hydrogens is 300 g/mol. The molecule has 0 aliphatic carbocycles. The summed E-state index contributed by atoms with van der Waals surface area (Å²) in [6.45, 7) is 2.20. The Labute approximate surface area is 117 Å². The van der Waals surface area contributed by atoms with Crippen LogP contribution in [0.5, 0.6) is 0 Å². The highest BCUT2D eigenvalue weighted by Crippen LogP contribution is 2.23. The summed E-state index contributed by atoms with van der Waals surface area (Å²) >= 11 is 9.60. The molecule has 0 heterocycles. The van der Waals surface area contributed by atoms with Gasteiger partial charge in [0.05, 0.1) is 0 Å². The minimum atomic E-state index is 0.306. The maximum absolute atomic E-state index is 6.19. The van der Waals surface area contributed by atoms with Crippen molar-refractivity contribution in [1.29, 1.82) is 0 Å². The number of unbranched alkanes of at least 4 members (excludes halogenated alkanes) is 2. The van der Waals surface area contributed by atoms with Crippen LogP contribution in [0.3, 0.4) is 0 Å². The number of halogens is 2. The van der Waals surface area contributed by atoms with Gasteiger partial charge < -0.3 is 0 Å². The predicted molar refractivity (Wildman–Crippen MR) is 78.1 cm³/mol. The molecule has 0 aliphatic rings. The zero-order valence-electron chi connectivity index (χ0n) is 10.2. The van der Waals surface area contributed by atoms with Crippen LogP contribution in [-0.4, -0.2) is 6.04 Å². The Balaban J connectivity index is 2.54.